The van der Waals surface area contributed by atoms with Gasteiger partial charge >= 0.3 is 0 Å². The van der Waals surface area contributed by atoms with Gasteiger partial charge in [0.1, 0.15) is 0 Å². The summed E-state index contributed by atoms with van der Waals surface area (Å²) in [6, 6.07) is 2.55. The second kappa shape index (κ2) is 4.84. The Bertz CT molecular complexity index is 306. The van der Waals surface area contributed by atoms with Crippen LogP contribution in [0, 0.1) is 23.2 Å². The Balaban J connectivity index is 1.96. The number of carbonyl (C=O) groups excluding carboxylic acids is 1. The van der Waals surface area contributed by atoms with E-state index in [1.165, 1.54) is 0 Å². The third-order valence-corrected chi connectivity index (χ3v) is 3.57. The molecule has 0 spiro atoms. The maximum atomic E-state index is 12.3. The maximum Gasteiger partial charge on any atom is 0.227 e. The fraction of sp³-hybridized carbons (Fsp3) is 0.833. The smallest absolute Gasteiger partial charge is 0.227 e. The van der Waals surface area contributed by atoms with Crippen molar-refractivity contribution in [3.63, 3.8) is 0 Å². The van der Waals surface area contributed by atoms with Gasteiger partial charge in [-0.25, -0.2) is 0 Å². The third kappa shape index (κ3) is 2.35. The van der Waals surface area contributed by atoms with E-state index < -0.39 is 0 Å². The van der Waals surface area contributed by atoms with Crippen LogP contribution < -0.4 is 5.32 Å². The molecule has 4 nitrogen and oxygen atoms in total. The molecule has 16 heavy (non-hydrogen) atoms. The minimum Gasteiger partial charge on any atom is -0.338 e. The molecule has 1 amide bonds. The lowest BCUT2D eigenvalue weighted by Gasteiger charge is -2.26. The molecule has 1 saturated carbocycles. The van der Waals surface area contributed by atoms with Crippen LogP contribution >= 0.6 is 0 Å². The minimum absolute atomic E-state index is 0.124. The summed E-state index contributed by atoms with van der Waals surface area (Å²) in [6.45, 7) is 4.48. The van der Waals surface area contributed by atoms with Crippen LogP contribution in [0.25, 0.3) is 0 Å². The summed E-state index contributed by atoms with van der Waals surface area (Å²) in [5, 5.41) is 11.9. The molecule has 2 aliphatic rings. The van der Waals surface area contributed by atoms with Gasteiger partial charge in [0.05, 0.1) is 18.4 Å². The number of carbonyl (C=O) groups is 1. The molecule has 2 unspecified atom stereocenters. The van der Waals surface area contributed by atoms with E-state index in [2.05, 4.69) is 18.3 Å². The van der Waals surface area contributed by atoms with Gasteiger partial charge in [0.15, 0.2) is 0 Å². The summed E-state index contributed by atoms with van der Waals surface area (Å²) >= 11 is 0. The number of nitriles is 1. The Morgan fingerprint density at radius 2 is 2.25 bits per heavy atom. The predicted octanol–water partition coefficient (Wildman–Crippen LogP) is 0.747. The molecular weight excluding hydrogens is 202 g/mol. The molecule has 88 valence electrons. The first-order valence-electron chi connectivity index (χ1n) is 6.12. The fourth-order valence-electron chi connectivity index (χ4n) is 2.38. The topological polar surface area (TPSA) is 56.1 Å². The normalized spacial score (nSPS) is 28.8. The third-order valence-electron chi connectivity index (χ3n) is 3.57. The van der Waals surface area contributed by atoms with Crippen molar-refractivity contribution >= 4 is 5.91 Å². The number of hydrogen-bond acceptors (Lipinski definition) is 3. The highest BCUT2D eigenvalue weighted by molar-refractivity contribution is 5.80. The first-order valence-corrected chi connectivity index (χ1v) is 6.12. The summed E-state index contributed by atoms with van der Waals surface area (Å²) in [4.78, 5) is 14.3. The van der Waals surface area contributed by atoms with Gasteiger partial charge in [-0.3, -0.25) is 4.79 Å². The Labute approximate surface area is 96.6 Å². The van der Waals surface area contributed by atoms with E-state index in [0.29, 0.717) is 24.9 Å². The molecule has 2 atom stereocenters. The SMILES string of the molecule is CC1CNCC1C(=O)N(CCC#N)C1CC1. The van der Waals surface area contributed by atoms with Crippen molar-refractivity contribution in [2.45, 2.75) is 32.2 Å². The Morgan fingerprint density at radius 1 is 1.50 bits per heavy atom. The molecule has 1 heterocycles. The second-order valence-electron chi connectivity index (χ2n) is 4.91. The van der Waals surface area contributed by atoms with Crippen molar-refractivity contribution in [2.75, 3.05) is 19.6 Å². The van der Waals surface area contributed by atoms with Gasteiger partial charge < -0.3 is 10.2 Å². The van der Waals surface area contributed by atoms with Crippen molar-refractivity contribution in [3.8, 4) is 6.07 Å². The largest absolute Gasteiger partial charge is 0.338 e. The summed E-state index contributed by atoms with van der Waals surface area (Å²) in [6.07, 6.45) is 2.69. The van der Waals surface area contributed by atoms with Crippen molar-refractivity contribution in [2.24, 2.45) is 11.8 Å². The predicted molar refractivity (Wildman–Crippen MR) is 60.5 cm³/mol. The van der Waals surface area contributed by atoms with Crippen LogP contribution in [0.5, 0.6) is 0 Å². The molecule has 0 aromatic heterocycles. The van der Waals surface area contributed by atoms with Crippen molar-refractivity contribution in [1.82, 2.24) is 10.2 Å². The van der Waals surface area contributed by atoms with Crippen LogP contribution in [0.1, 0.15) is 26.2 Å². The molecule has 1 aliphatic carbocycles. The Hall–Kier alpha value is -1.08. The number of rotatable bonds is 4. The zero-order valence-corrected chi connectivity index (χ0v) is 9.78. The average molecular weight is 221 g/mol. The highest BCUT2D eigenvalue weighted by Gasteiger charge is 2.38. The van der Waals surface area contributed by atoms with Gasteiger partial charge in [-0.05, 0) is 25.3 Å². The first-order chi connectivity index (χ1) is 7.74. The minimum atomic E-state index is 0.124. The van der Waals surface area contributed by atoms with Crippen LogP contribution in [0.3, 0.4) is 0 Å². The summed E-state index contributed by atoms with van der Waals surface area (Å²) in [7, 11) is 0. The lowest BCUT2D eigenvalue weighted by molar-refractivity contribution is -0.136. The number of nitrogens with zero attached hydrogens (tertiary/aromatic N) is 2. The maximum absolute atomic E-state index is 12.3. The average Bonchev–Trinajstić information content (AvgIpc) is 3.01. The molecule has 1 saturated heterocycles. The van der Waals surface area contributed by atoms with Crippen LogP contribution in [0.15, 0.2) is 0 Å². The van der Waals surface area contributed by atoms with Crippen molar-refractivity contribution in [3.05, 3.63) is 0 Å². The monoisotopic (exact) mass is 221 g/mol. The van der Waals surface area contributed by atoms with Crippen LogP contribution in [0.4, 0.5) is 0 Å². The van der Waals surface area contributed by atoms with Gasteiger partial charge in [-0.15, -0.1) is 0 Å². The molecule has 1 N–H and O–H groups in total. The van der Waals surface area contributed by atoms with Gasteiger partial charge in [-0.2, -0.15) is 5.26 Å². The van der Waals surface area contributed by atoms with Gasteiger partial charge in [0, 0.05) is 19.1 Å². The lowest BCUT2D eigenvalue weighted by Crippen LogP contribution is -2.40. The Kier molecular flexibility index (Phi) is 3.45. The van der Waals surface area contributed by atoms with Crippen molar-refractivity contribution < 1.29 is 4.79 Å². The highest BCUT2D eigenvalue weighted by atomic mass is 16.2. The van der Waals surface area contributed by atoms with Crippen LogP contribution in [0.2, 0.25) is 0 Å². The van der Waals surface area contributed by atoms with E-state index in [0.717, 1.165) is 25.9 Å². The summed E-state index contributed by atoms with van der Waals surface area (Å²) in [5.74, 6) is 0.811. The number of amides is 1. The molecule has 0 bridgehead atoms. The molecule has 1 aliphatic heterocycles. The Morgan fingerprint density at radius 3 is 2.75 bits per heavy atom. The molecule has 0 aromatic carbocycles. The lowest BCUT2D eigenvalue weighted by atomic mass is 9.96. The highest BCUT2D eigenvalue weighted by Crippen LogP contribution is 2.30. The van der Waals surface area contributed by atoms with Crippen LogP contribution in [-0.4, -0.2) is 36.5 Å². The summed E-state index contributed by atoms with van der Waals surface area (Å²) in [5.41, 5.74) is 0. The van der Waals surface area contributed by atoms with E-state index in [-0.39, 0.29) is 11.8 Å². The van der Waals surface area contributed by atoms with E-state index in [9.17, 15) is 4.79 Å². The van der Waals surface area contributed by atoms with Crippen molar-refractivity contribution in [1.29, 1.82) is 5.26 Å². The quantitative estimate of drug-likeness (QED) is 0.762. The zero-order chi connectivity index (χ0) is 11.5. The standard InChI is InChI=1S/C12H19N3O/c1-9-7-14-8-11(9)12(16)15(6-2-5-13)10-3-4-10/h9-11,14H,2-4,6-8H2,1H3. The molecular formula is C12H19N3O. The van der Waals surface area contributed by atoms with Gasteiger partial charge in [0.25, 0.3) is 0 Å². The zero-order valence-electron chi connectivity index (χ0n) is 9.78. The number of nitrogens with one attached hydrogen (secondary N) is 1. The van der Waals surface area contributed by atoms with E-state index >= 15 is 0 Å². The van der Waals surface area contributed by atoms with Crippen LogP contribution in [-0.2, 0) is 4.79 Å². The summed E-state index contributed by atoms with van der Waals surface area (Å²) < 4.78 is 0. The van der Waals surface area contributed by atoms with E-state index in [1.54, 1.807) is 0 Å². The van der Waals surface area contributed by atoms with Gasteiger partial charge in [-0.1, -0.05) is 6.92 Å². The molecule has 0 aromatic rings. The van der Waals surface area contributed by atoms with Gasteiger partial charge in [0.2, 0.25) is 5.91 Å². The molecule has 0 radical (unpaired) electrons. The molecule has 2 rings (SSSR count). The first kappa shape index (κ1) is 11.4. The second-order valence-corrected chi connectivity index (χ2v) is 4.91. The van der Waals surface area contributed by atoms with E-state index in [1.807, 2.05) is 4.90 Å². The van der Waals surface area contributed by atoms with E-state index in [4.69, 9.17) is 5.26 Å². The number of hydrogen-bond donors (Lipinski definition) is 1. The fourth-order valence-corrected chi connectivity index (χ4v) is 2.38. The molecule has 4 heteroatoms. The molecule has 2 fully saturated rings.